The van der Waals surface area contributed by atoms with Gasteiger partial charge < -0.3 is 10.6 Å². The second-order valence-corrected chi connectivity index (χ2v) is 8.37. The van der Waals surface area contributed by atoms with Crippen molar-refractivity contribution in [2.75, 3.05) is 10.6 Å². The number of fused-ring (bicyclic) bond motifs is 1. The SMILES string of the molecule is CCn1ncc(NC(=O)c2nn3c(C(F)(F)F)cc(C)nc3c2Br)c1C(=O)Nc1cnn(C)c1C. The van der Waals surface area contributed by atoms with Crippen molar-refractivity contribution in [3.63, 3.8) is 0 Å². The topological polar surface area (TPSA) is 124 Å². The first kappa shape index (κ1) is 24.4. The Balaban J connectivity index is 1.70. The van der Waals surface area contributed by atoms with Gasteiger partial charge in [-0.05, 0) is 42.8 Å². The Bertz CT molecular complexity index is 1470. The molecule has 0 aliphatic carbocycles. The van der Waals surface area contributed by atoms with Crippen molar-refractivity contribution in [2.45, 2.75) is 33.5 Å². The fraction of sp³-hybridized carbons (Fsp3) is 0.300. The Morgan fingerprint density at radius 2 is 1.74 bits per heavy atom. The highest BCUT2D eigenvalue weighted by molar-refractivity contribution is 9.10. The minimum absolute atomic E-state index is 0.0240. The summed E-state index contributed by atoms with van der Waals surface area (Å²) >= 11 is 3.14. The summed E-state index contributed by atoms with van der Waals surface area (Å²) < 4.78 is 44.0. The van der Waals surface area contributed by atoms with E-state index in [0.717, 1.165) is 6.07 Å². The van der Waals surface area contributed by atoms with Crippen LogP contribution in [0.4, 0.5) is 24.5 Å². The van der Waals surface area contributed by atoms with E-state index in [1.807, 2.05) is 0 Å². The molecule has 35 heavy (non-hydrogen) atoms. The second kappa shape index (κ2) is 8.79. The van der Waals surface area contributed by atoms with Crippen LogP contribution in [0.25, 0.3) is 5.65 Å². The van der Waals surface area contributed by atoms with E-state index >= 15 is 0 Å². The van der Waals surface area contributed by atoms with E-state index in [1.54, 1.807) is 25.6 Å². The smallest absolute Gasteiger partial charge is 0.318 e. The first-order valence-corrected chi connectivity index (χ1v) is 11.0. The molecule has 0 radical (unpaired) electrons. The molecule has 15 heteroatoms. The summed E-state index contributed by atoms with van der Waals surface area (Å²) in [4.78, 5) is 30.1. The highest BCUT2D eigenvalue weighted by Gasteiger charge is 2.36. The van der Waals surface area contributed by atoms with E-state index in [-0.39, 0.29) is 32.9 Å². The summed E-state index contributed by atoms with van der Waals surface area (Å²) in [7, 11) is 1.72. The average Bonchev–Trinajstić information content (AvgIpc) is 3.44. The maximum Gasteiger partial charge on any atom is 0.433 e. The lowest BCUT2D eigenvalue weighted by molar-refractivity contribution is -0.142. The monoisotopic (exact) mass is 553 g/mol. The molecular weight excluding hydrogens is 535 g/mol. The van der Waals surface area contributed by atoms with Gasteiger partial charge in [0.05, 0.1) is 33.9 Å². The third kappa shape index (κ3) is 4.38. The third-order valence-electron chi connectivity index (χ3n) is 5.25. The van der Waals surface area contributed by atoms with Crippen LogP contribution in [-0.2, 0) is 19.8 Å². The van der Waals surface area contributed by atoms with Crippen LogP contribution in [-0.4, -0.2) is 46.0 Å². The zero-order valence-electron chi connectivity index (χ0n) is 18.9. The molecule has 0 bridgehead atoms. The number of rotatable bonds is 5. The Kier molecular flexibility index (Phi) is 6.12. The quantitative estimate of drug-likeness (QED) is 0.389. The lowest BCUT2D eigenvalue weighted by Crippen LogP contribution is -2.21. The molecule has 0 atom stereocenters. The van der Waals surface area contributed by atoms with Crippen LogP contribution >= 0.6 is 15.9 Å². The Morgan fingerprint density at radius 3 is 2.34 bits per heavy atom. The number of amides is 2. The molecule has 2 amide bonds. The molecule has 4 aromatic heterocycles. The molecule has 0 saturated heterocycles. The largest absolute Gasteiger partial charge is 0.433 e. The fourth-order valence-corrected chi connectivity index (χ4v) is 3.92. The summed E-state index contributed by atoms with van der Waals surface area (Å²) in [5, 5.41) is 17.3. The van der Waals surface area contributed by atoms with Crippen LogP contribution in [0.1, 0.15) is 45.0 Å². The Labute approximate surface area is 204 Å². The van der Waals surface area contributed by atoms with Gasteiger partial charge in [-0.15, -0.1) is 0 Å². The molecule has 4 aromatic rings. The van der Waals surface area contributed by atoms with E-state index in [2.05, 4.69) is 46.8 Å². The number of anilines is 2. The summed E-state index contributed by atoms with van der Waals surface area (Å²) in [5.74, 6) is -1.41. The molecule has 0 spiro atoms. The molecule has 0 aromatic carbocycles. The minimum atomic E-state index is -4.72. The molecule has 0 aliphatic rings. The van der Waals surface area contributed by atoms with Gasteiger partial charge in [-0.25, -0.2) is 9.50 Å². The van der Waals surface area contributed by atoms with E-state index in [0.29, 0.717) is 22.4 Å². The number of nitrogens with zero attached hydrogens (tertiary/aromatic N) is 7. The zero-order valence-corrected chi connectivity index (χ0v) is 20.5. The number of alkyl halides is 3. The third-order valence-corrected chi connectivity index (χ3v) is 5.98. The molecule has 184 valence electrons. The molecular formula is C20H19BrF3N9O2. The van der Waals surface area contributed by atoms with E-state index < -0.39 is 23.7 Å². The van der Waals surface area contributed by atoms with Crippen LogP contribution < -0.4 is 10.6 Å². The zero-order chi connectivity index (χ0) is 25.7. The first-order chi connectivity index (χ1) is 16.4. The molecule has 0 aliphatic heterocycles. The Morgan fingerprint density at radius 1 is 1.09 bits per heavy atom. The molecule has 2 N–H and O–H groups in total. The lowest BCUT2D eigenvalue weighted by atomic mass is 10.3. The van der Waals surface area contributed by atoms with Crippen molar-refractivity contribution in [3.8, 4) is 0 Å². The van der Waals surface area contributed by atoms with Gasteiger partial charge in [-0.1, -0.05) is 0 Å². The number of hydrogen-bond acceptors (Lipinski definition) is 6. The number of hydrogen-bond donors (Lipinski definition) is 2. The number of carbonyl (C=O) groups excluding carboxylic acids is 2. The predicted octanol–water partition coefficient (Wildman–Crippen LogP) is 3.58. The van der Waals surface area contributed by atoms with Gasteiger partial charge in [-0.3, -0.25) is 19.0 Å². The van der Waals surface area contributed by atoms with Crippen molar-refractivity contribution < 1.29 is 22.8 Å². The lowest BCUT2D eigenvalue weighted by Gasteiger charge is -2.09. The van der Waals surface area contributed by atoms with Gasteiger partial charge in [-0.2, -0.15) is 28.5 Å². The van der Waals surface area contributed by atoms with E-state index in [9.17, 15) is 22.8 Å². The molecule has 4 rings (SSSR count). The number of halogens is 4. The first-order valence-electron chi connectivity index (χ1n) is 10.2. The number of aryl methyl sites for hydroxylation is 3. The maximum atomic E-state index is 13.5. The molecule has 0 unspecified atom stereocenters. The minimum Gasteiger partial charge on any atom is -0.318 e. The van der Waals surface area contributed by atoms with Gasteiger partial charge >= 0.3 is 6.18 Å². The maximum absolute atomic E-state index is 13.5. The molecule has 4 heterocycles. The van der Waals surface area contributed by atoms with Gasteiger partial charge in [0.1, 0.15) is 11.4 Å². The van der Waals surface area contributed by atoms with Gasteiger partial charge in [0.15, 0.2) is 11.3 Å². The van der Waals surface area contributed by atoms with Crippen molar-refractivity contribution in [1.82, 2.24) is 34.2 Å². The number of nitrogens with one attached hydrogen (secondary N) is 2. The van der Waals surface area contributed by atoms with Gasteiger partial charge in [0, 0.05) is 19.3 Å². The van der Waals surface area contributed by atoms with Gasteiger partial charge in [0.25, 0.3) is 11.8 Å². The van der Waals surface area contributed by atoms with Crippen LogP contribution in [0.2, 0.25) is 0 Å². The average molecular weight is 554 g/mol. The van der Waals surface area contributed by atoms with Crippen molar-refractivity contribution in [3.05, 3.63) is 51.4 Å². The van der Waals surface area contributed by atoms with Crippen molar-refractivity contribution in [2.24, 2.45) is 7.05 Å². The highest BCUT2D eigenvalue weighted by atomic mass is 79.9. The second-order valence-electron chi connectivity index (χ2n) is 7.58. The normalized spacial score (nSPS) is 11.8. The van der Waals surface area contributed by atoms with Crippen molar-refractivity contribution in [1.29, 1.82) is 0 Å². The molecule has 0 fully saturated rings. The van der Waals surface area contributed by atoms with E-state index in [1.165, 1.54) is 24.0 Å². The van der Waals surface area contributed by atoms with Crippen LogP contribution in [0.5, 0.6) is 0 Å². The molecule has 0 saturated carbocycles. The van der Waals surface area contributed by atoms with Gasteiger partial charge in [0.2, 0.25) is 0 Å². The summed E-state index contributed by atoms with van der Waals surface area (Å²) in [6.45, 7) is 5.26. The van der Waals surface area contributed by atoms with Crippen molar-refractivity contribution >= 4 is 44.8 Å². The summed E-state index contributed by atoms with van der Waals surface area (Å²) in [6, 6.07) is 0.836. The van der Waals surface area contributed by atoms with E-state index in [4.69, 9.17) is 0 Å². The molecule has 11 nitrogen and oxygen atoms in total. The van der Waals surface area contributed by atoms with Crippen LogP contribution in [0.15, 0.2) is 22.9 Å². The summed E-state index contributed by atoms with van der Waals surface area (Å²) in [5.41, 5.74) is -0.194. The number of aromatic nitrogens is 7. The Hall–Kier alpha value is -3.75. The highest BCUT2D eigenvalue weighted by Crippen LogP contribution is 2.32. The van der Waals surface area contributed by atoms with Crippen LogP contribution in [0, 0.1) is 13.8 Å². The standard InChI is InChI=1S/C20H19BrF3N9O2/c1-5-32-16(19(35)28-11-7-25-31(4)10(11)3)12(8-26-32)29-18(34)15-14(21)17-27-9(2)6-13(20(22,23)24)33(17)30-15/h6-8H,5H2,1-4H3,(H,28,35)(H,29,34). The fourth-order valence-electron chi connectivity index (χ4n) is 3.40. The number of carbonyl (C=O) groups is 2. The predicted molar refractivity (Wildman–Crippen MR) is 122 cm³/mol. The van der Waals surface area contributed by atoms with Crippen LogP contribution in [0.3, 0.4) is 0 Å². The summed E-state index contributed by atoms with van der Waals surface area (Å²) in [6.07, 6.45) is -1.96.